The molecule has 0 spiro atoms. The van der Waals surface area contributed by atoms with Crippen LogP contribution in [-0.4, -0.2) is 30.4 Å². The second kappa shape index (κ2) is 11.3. The smallest absolute Gasteiger partial charge is 0.343 e. The van der Waals surface area contributed by atoms with Gasteiger partial charge in [-0.1, -0.05) is 24.6 Å². The second-order valence-corrected chi connectivity index (χ2v) is 9.03. The number of carbonyl (C=O) groups excluding carboxylic acids is 4. The number of carbonyl (C=O) groups is 4. The van der Waals surface area contributed by atoms with Gasteiger partial charge < -0.3 is 14.8 Å². The van der Waals surface area contributed by atoms with E-state index in [-0.39, 0.29) is 16.4 Å². The summed E-state index contributed by atoms with van der Waals surface area (Å²) in [5, 5.41) is 2.58. The van der Waals surface area contributed by atoms with E-state index in [0.717, 1.165) is 16.0 Å². The standard InChI is InChI=1S/C29H25ClN2O6/c1-4-15-37-28(35)19-8-12-22(13-9-19)32-26(33)24(30)25(27(32)34)31-21-10-6-20(7-11-21)29(36)38-23-14-5-17(2)18(3)16-23/h5-14,16,31H,4,15H2,1-3H3. The number of aryl methyl sites for hydroxylation is 2. The Morgan fingerprint density at radius 2 is 1.47 bits per heavy atom. The summed E-state index contributed by atoms with van der Waals surface area (Å²) >= 11 is 6.21. The van der Waals surface area contributed by atoms with Crippen LogP contribution in [0.25, 0.3) is 0 Å². The number of anilines is 2. The zero-order chi connectivity index (χ0) is 27.4. The van der Waals surface area contributed by atoms with Gasteiger partial charge in [0.05, 0.1) is 23.4 Å². The van der Waals surface area contributed by atoms with Crippen LogP contribution >= 0.6 is 11.6 Å². The fourth-order valence-electron chi connectivity index (χ4n) is 3.65. The minimum Gasteiger partial charge on any atom is -0.462 e. The number of nitrogens with zero attached hydrogens (tertiary/aromatic N) is 1. The SMILES string of the molecule is CCCOC(=O)c1ccc(N2C(=O)C(Cl)=C(Nc3ccc(C(=O)Oc4ccc(C)c(C)c4)cc3)C2=O)cc1. The lowest BCUT2D eigenvalue weighted by atomic mass is 10.1. The molecule has 1 aliphatic heterocycles. The van der Waals surface area contributed by atoms with Crippen LogP contribution in [-0.2, 0) is 14.3 Å². The van der Waals surface area contributed by atoms with E-state index in [0.29, 0.717) is 35.6 Å². The number of nitrogens with one attached hydrogen (secondary N) is 1. The number of rotatable bonds is 8. The molecule has 3 aromatic rings. The van der Waals surface area contributed by atoms with Gasteiger partial charge in [0.2, 0.25) is 0 Å². The maximum atomic E-state index is 13.1. The van der Waals surface area contributed by atoms with Gasteiger partial charge in [-0.15, -0.1) is 0 Å². The van der Waals surface area contributed by atoms with Crippen LogP contribution in [0.3, 0.4) is 0 Å². The van der Waals surface area contributed by atoms with Crippen molar-refractivity contribution in [1.82, 2.24) is 0 Å². The van der Waals surface area contributed by atoms with Gasteiger partial charge in [0, 0.05) is 5.69 Å². The summed E-state index contributed by atoms with van der Waals surface area (Å²) < 4.78 is 10.5. The van der Waals surface area contributed by atoms with Crippen molar-refractivity contribution in [3.63, 3.8) is 0 Å². The number of halogens is 1. The molecule has 4 rings (SSSR count). The Morgan fingerprint density at radius 1 is 0.842 bits per heavy atom. The van der Waals surface area contributed by atoms with Gasteiger partial charge in [0.1, 0.15) is 16.5 Å². The Hall–Kier alpha value is -4.43. The fourth-order valence-corrected chi connectivity index (χ4v) is 3.86. The number of esters is 2. The summed E-state index contributed by atoms with van der Waals surface area (Å²) in [6.45, 7) is 6.09. The Kier molecular flexibility index (Phi) is 7.93. The molecule has 3 aromatic carbocycles. The molecule has 1 aliphatic rings. The third kappa shape index (κ3) is 5.60. The molecule has 2 amide bonds. The molecule has 0 aromatic heterocycles. The second-order valence-electron chi connectivity index (χ2n) is 8.66. The van der Waals surface area contributed by atoms with Crippen molar-refractivity contribution in [3.05, 3.63) is 99.7 Å². The van der Waals surface area contributed by atoms with E-state index in [2.05, 4.69) is 5.32 Å². The average Bonchev–Trinajstić information content (AvgIpc) is 3.12. The molecule has 1 N–H and O–H groups in total. The molecule has 0 saturated heterocycles. The van der Waals surface area contributed by atoms with E-state index in [1.165, 1.54) is 36.4 Å². The molecular weight excluding hydrogens is 508 g/mol. The van der Waals surface area contributed by atoms with Crippen LogP contribution in [0, 0.1) is 13.8 Å². The Labute approximate surface area is 224 Å². The predicted octanol–water partition coefficient (Wildman–Crippen LogP) is 5.53. The van der Waals surface area contributed by atoms with Gasteiger partial charge in [0.15, 0.2) is 0 Å². The summed E-state index contributed by atoms with van der Waals surface area (Å²) in [6.07, 6.45) is 0.695. The summed E-state index contributed by atoms with van der Waals surface area (Å²) in [7, 11) is 0. The van der Waals surface area contributed by atoms with Gasteiger partial charge >= 0.3 is 11.9 Å². The van der Waals surface area contributed by atoms with Crippen molar-refractivity contribution in [1.29, 1.82) is 0 Å². The van der Waals surface area contributed by atoms with Gasteiger partial charge in [-0.2, -0.15) is 0 Å². The van der Waals surface area contributed by atoms with Gasteiger partial charge in [-0.3, -0.25) is 9.59 Å². The minimum absolute atomic E-state index is 0.103. The van der Waals surface area contributed by atoms with Crippen molar-refractivity contribution < 1.29 is 28.7 Å². The van der Waals surface area contributed by atoms with E-state index in [1.54, 1.807) is 24.3 Å². The molecular formula is C29H25ClN2O6. The van der Waals surface area contributed by atoms with Gasteiger partial charge in [0.25, 0.3) is 11.8 Å². The lowest BCUT2D eigenvalue weighted by Crippen LogP contribution is -2.32. The van der Waals surface area contributed by atoms with Crippen molar-refractivity contribution in [3.8, 4) is 5.75 Å². The number of ether oxygens (including phenoxy) is 2. The first kappa shape index (κ1) is 26.6. The van der Waals surface area contributed by atoms with Crippen molar-refractivity contribution >= 4 is 46.7 Å². The molecule has 0 fully saturated rings. The summed E-state index contributed by atoms with van der Waals surface area (Å²) in [4.78, 5) is 51.3. The highest BCUT2D eigenvalue weighted by molar-refractivity contribution is 6.53. The number of amides is 2. The van der Waals surface area contributed by atoms with E-state index >= 15 is 0 Å². The average molecular weight is 533 g/mol. The van der Waals surface area contributed by atoms with Gasteiger partial charge in [-0.25, -0.2) is 14.5 Å². The van der Waals surface area contributed by atoms with Crippen LogP contribution in [0.1, 0.15) is 45.2 Å². The number of benzene rings is 3. The lowest BCUT2D eigenvalue weighted by molar-refractivity contribution is -0.120. The highest BCUT2D eigenvalue weighted by Crippen LogP contribution is 2.30. The predicted molar refractivity (Wildman–Crippen MR) is 143 cm³/mol. The third-order valence-corrected chi connectivity index (χ3v) is 6.26. The first-order valence-corrected chi connectivity index (χ1v) is 12.3. The highest BCUT2D eigenvalue weighted by Gasteiger charge is 2.39. The van der Waals surface area contributed by atoms with E-state index in [1.807, 2.05) is 26.8 Å². The Balaban J connectivity index is 1.43. The monoisotopic (exact) mass is 532 g/mol. The number of hydrogen-bond acceptors (Lipinski definition) is 7. The van der Waals surface area contributed by atoms with Crippen LogP contribution < -0.4 is 15.0 Å². The van der Waals surface area contributed by atoms with Crippen LogP contribution in [0.4, 0.5) is 11.4 Å². The van der Waals surface area contributed by atoms with E-state index in [9.17, 15) is 19.2 Å². The minimum atomic E-state index is -0.700. The maximum absolute atomic E-state index is 13.1. The summed E-state index contributed by atoms with van der Waals surface area (Å²) in [5.41, 5.74) is 3.31. The summed E-state index contributed by atoms with van der Waals surface area (Å²) in [5.74, 6) is -1.93. The quantitative estimate of drug-likeness (QED) is 0.231. The third-order valence-electron chi connectivity index (χ3n) is 5.90. The Bertz CT molecular complexity index is 1440. The van der Waals surface area contributed by atoms with E-state index in [4.69, 9.17) is 21.1 Å². The van der Waals surface area contributed by atoms with Crippen LogP contribution in [0.15, 0.2) is 77.5 Å². The topological polar surface area (TPSA) is 102 Å². The van der Waals surface area contributed by atoms with Crippen molar-refractivity contribution in [2.75, 3.05) is 16.8 Å². The fraction of sp³-hybridized carbons (Fsp3) is 0.172. The normalized spacial score (nSPS) is 13.1. The molecule has 0 aliphatic carbocycles. The van der Waals surface area contributed by atoms with Gasteiger partial charge in [-0.05, 0) is 92.1 Å². The molecule has 0 radical (unpaired) electrons. The largest absolute Gasteiger partial charge is 0.462 e. The molecule has 0 saturated carbocycles. The maximum Gasteiger partial charge on any atom is 0.343 e. The zero-order valence-electron chi connectivity index (χ0n) is 21.0. The first-order chi connectivity index (χ1) is 18.2. The Morgan fingerprint density at radius 3 is 2.11 bits per heavy atom. The highest BCUT2D eigenvalue weighted by atomic mass is 35.5. The number of hydrogen-bond donors (Lipinski definition) is 1. The van der Waals surface area contributed by atoms with Crippen LogP contribution in [0.5, 0.6) is 5.75 Å². The molecule has 0 unspecified atom stereocenters. The molecule has 9 heteroatoms. The summed E-state index contributed by atoms with van der Waals surface area (Å²) in [6, 6.07) is 17.5. The zero-order valence-corrected chi connectivity index (χ0v) is 21.8. The van der Waals surface area contributed by atoms with Crippen molar-refractivity contribution in [2.24, 2.45) is 0 Å². The van der Waals surface area contributed by atoms with Crippen LogP contribution in [0.2, 0.25) is 0 Å². The van der Waals surface area contributed by atoms with Crippen molar-refractivity contribution in [2.45, 2.75) is 27.2 Å². The first-order valence-electron chi connectivity index (χ1n) is 11.9. The molecule has 8 nitrogen and oxygen atoms in total. The molecule has 0 bridgehead atoms. The van der Waals surface area contributed by atoms with E-state index < -0.39 is 23.8 Å². The molecule has 38 heavy (non-hydrogen) atoms. The number of imide groups is 1. The molecule has 1 heterocycles. The molecule has 194 valence electrons. The molecule has 0 atom stereocenters. The lowest BCUT2D eigenvalue weighted by Gasteiger charge is -2.15.